The van der Waals surface area contributed by atoms with Crippen molar-refractivity contribution in [3.63, 3.8) is 0 Å². The second kappa shape index (κ2) is 6.96. The lowest BCUT2D eigenvalue weighted by molar-refractivity contribution is -0.118. The summed E-state index contributed by atoms with van der Waals surface area (Å²) < 4.78 is 5.42. The molecule has 3 nitrogen and oxygen atoms in total. The molecule has 0 unspecified atom stereocenters. The van der Waals surface area contributed by atoms with Gasteiger partial charge in [0.05, 0.1) is 0 Å². The fraction of sp³-hybridized carbons (Fsp3) is 0.188. The molecule has 0 fully saturated rings. The van der Waals surface area contributed by atoms with Crippen molar-refractivity contribution in [2.75, 3.05) is 11.9 Å². The van der Waals surface area contributed by atoms with E-state index in [4.69, 9.17) is 16.3 Å². The number of hydrogen-bond acceptors (Lipinski definition) is 2. The Morgan fingerprint density at radius 3 is 2.60 bits per heavy atom. The summed E-state index contributed by atoms with van der Waals surface area (Å²) in [5.74, 6) is 0.468. The van der Waals surface area contributed by atoms with Gasteiger partial charge in [0.1, 0.15) is 5.75 Å². The molecule has 4 heteroatoms. The third kappa shape index (κ3) is 4.28. The van der Waals surface area contributed by atoms with Crippen molar-refractivity contribution in [1.29, 1.82) is 0 Å². The van der Waals surface area contributed by atoms with Crippen LogP contribution in [0.25, 0.3) is 0 Å². The summed E-state index contributed by atoms with van der Waals surface area (Å²) in [5.41, 5.74) is 1.90. The van der Waals surface area contributed by atoms with E-state index in [1.165, 1.54) is 5.56 Å². The maximum Gasteiger partial charge on any atom is 0.262 e. The maximum absolute atomic E-state index is 11.7. The van der Waals surface area contributed by atoms with Crippen molar-refractivity contribution in [3.05, 3.63) is 59.1 Å². The normalized spacial score (nSPS) is 10.1. The van der Waals surface area contributed by atoms with Crippen molar-refractivity contribution >= 4 is 23.2 Å². The Bertz CT molecular complexity index is 581. The highest BCUT2D eigenvalue weighted by Crippen LogP contribution is 2.15. The molecule has 0 radical (unpaired) electrons. The van der Waals surface area contributed by atoms with Crippen LogP contribution < -0.4 is 10.1 Å². The minimum atomic E-state index is -0.216. The Balaban J connectivity index is 1.85. The molecule has 0 atom stereocenters. The minimum absolute atomic E-state index is 0.0298. The number of rotatable bonds is 5. The predicted octanol–water partition coefficient (Wildman–Crippen LogP) is 3.92. The first-order chi connectivity index (χ1) is 9.67. The number of ether oxygens (including phenoxy) is 1. The molecule has 0 aliphatic rings. The largest absolute Gasteiger partial charge is 0.484 e. The van der Waals surface area contributed by atoms with Crippen LogP contribution in [0.5, 0.6) is 5.75 Å². The topological polar surface area (TPSA) is 38.3 Å². The van der Waals surface area contributed by atoms with Crippen LogP contribution in [0, 0.1) is 0 Å². The summed E-state index contributed by atoms with van der Waals surface area (Å²) in [6, 6.07) is 14.7. The number of anilines is 1. The summed E-state index contributed by atoms with van der Waals surface area (Å²) >= 11 is 5.85. The third-order valence-corrected chi connectivity index (χ3v) is 3.05. The lowest BCUT2D eigenvalue weighted by Crippen LogP contribution is -2.20. The van der Waals surface area contributed by atoms with Gasteiger partial charge in [-0.1, -0.05) is 36.7 Å². The molecule has 0 spiro atoms. The number of hydrogen-bond donors (Lipinski definition) is 1. The number of nitrogens with one attached hydrogen (secondary N) is 1. The molecule has 2 aromatic rings. The van der Waals surface area contributed by atoms with E-state index < -0.39 is 0 Å². The molecule has 1 amide bonds. The lowest BCUT2D eigenvalue weighted by atomic mass is 10.2. The average molecular weight is 290 g/mol. The lowest BCUT2D eigenvalue weighted by Gasteiger charge is -2.08. The van der Waals surface area contributed by atoms with Crippen LogP contribution in [0.2, 0.25) is 5.02 Å². The fourth-order valence-electron chi connectivity index (χ4n) is 1.73. The third-order valence-electron chi connectivity index (χ3n) is 2.81. The molecule has 0 aliphatic heterocycles. The van der Waals surface area contributed by atoms with Gasteiger partial charge in [0.15, 0.2) is 6.61 Å². The zero-order valence-corrected chi connectivity index (χ0v) is 12.0. The Morgan fingerprint density at radius 1 is 1.20 bits per heavy atom. The van der Waals surface area contributed by atoms with Crippen LogP contribution in [-0.4, -0.2) is 12.5 Å². The average Bonchev–Trinajstić information content (AvgIpc) is 2.46. The zero-order chi connectivity index (χ0) is 14.4. The van der Waals surface area contributed by atoms with Crippen LogP contribution >= 0.6 is 11.6 Å². The van der Waals surface area contributed by atoms with Gasteiger partial charge >= 0.3 is 0 Å². The van der Waals surface area contributed by atoms with Crippen LogP contribution in [-0.2, 0) is 11.2 Å². The van der Waals surface area contributed by atoms with Gasteiger partial charge in [0.2, 0.25) is 0 Å². The summed E-state index contributed by atoms with van der Waals surface area (Å²) in [5, 5.41) is 3.31. The van der Waals surface area contributed by atoms with Crippen molar-refractivity contribution in [3.8, 4) is 5.75 Å². The quantitative estimate of drug-likeness (QED) is 0.906. The second-order valence-corrected chi connectivity index (χ2v) is 4.78. The van der Waals surface area contributed by atoms with Gasteiger partial charge in [-0.15, -0.1) is 0 Å². The van der Waals surface area contributed by atoms with E-state index in [0.29, 0.717) is 16.5 Å². The van der Waals surface area contributed by atoms with Gasteiger partial charge in [0, 0.05) is 10.7 Å². The molecule has 0 aromatic heterocycles. The van der Waals surface area contributed by atoms with E-state index in [9.17, 15) is 4.79 Å². The molecule has 0 heterocycles. The summed E-state index contributed by atoms with van der Waals surface area (Å²) in [6.07, 6.45) is 0.982. The minimum Gasteiger partial charge on any atom is -0.484 e. The van der Waals surface area contributed by atoms with Gasteiger partial charge < -0.3 is 10.1 Å². The van der Waals surface area contributed by atoms with Crippen molar-refractivity contribution < 1.29 is 9.53 Å². The Morgan fingerprint density at radius 2 is 1.95 bits per heavy atom. The zero-order valence-electron chi connectivity index (χ0n) is 11.2. The van der Waals surface area contributed by atoms with E-state index in [0.717, 1.165) is 6.42 Å². The Kier molecular flexibility index (Phi) is 5.02. The van der Waals surface area contributed by atoms with E-state index in [1.807, 2.05) is 24.3 Å². The van der Waals surface area contributed by atoms with Crippen molar-refractivity contribution in [2.24, 2.45) is 0 Å². The number of amides is 1. The van der Waals surface area contributed by atoms with Gasteiger partial charge in [-0.05, 0) is 42.3 Å². The molecule has 0 bridgehead atoms. The number of carbonyl (C=O) groups is 1. The van der Waals surface area contributed by atoms with Crippen LogP contribution in [0.4, 0.5) is 5.69 Å². The molecule has 104 valence electrons. The molecular weight excluding hydrogens is 274 g/mol. The Labute approximate surface area is 123 Å². The standard InChI is InChI=1S/C16H16ClNO2/c1-2-12-6-8-15(9-7-12)20-11-16(19)18-14-5-3-4-13(17)10-14/h3-10H,2,11H2,1H3,(H,18,19). The molecule has 20 heavy (non-hydrogen) atoms. The molecule has 0 saturated carbocycles. The van der Waals surface area contributed by atoms with Crippen LogP contribution in [0.3, 0.4) is 0 Å². The highest BCUT2D eigenvalue weighted by atomic mass is 35.5. The molecule has 0 saturated heterocycles. The van der Waals surface area contributed by atoms with E-state index >= 15 is 0 Å². The van der Waals surface area contributed by atoms with Gasteiger partial charge in [-0.25, -0.2) is 0 Å². The number of benzene rings is 2. The Hall–Kier alpha value is -2.00. The van der Waals surface area contributed by atoms with E-state index in [-0.39, 0.29) is 12.5 Å². The van der Waals surface area contributed by atoms with Gasteiger partial charge in [-0.2, -0.15) is 0 Å². The monoisotopic (exact) mass is 289 g/mol. The second-order valence-electron chi connectivity index (χ2n) is 4.34. The summed E-state index contributed by atoms with van der Waals surface area (Å²) in [6.45, 7) is 2.06. The highest BCUT2D eigenvalue weighted by molar-refractivity contribution is 6.30. The molecular formula is C16H16ClNO2. The first-order valence-electron chi connectivity index (χ1n) is 6.44. The van der Waals surface area contributed by atoms with Crippen molar-refractivity contribution in [2.45, 2.75) is 13.3 Å². The fourth-order valence-corrected chi connectivity index (χ4v) is 1.92. The number of halogens is 1. The highest BCUT2D eigenvalue weighted by Gasteiger charge is 2.04. The van der Waals surface area contributed by atoms with E-state index in [1.54, 1.807) is 24.3 Å². The van der Waals surface area contributed by atoms with Crippen molar-refractivity contribution in [1.82, 2.24) is 0 Å². The summed E-state index contributed by atoms with van der Waals surface area (Å²) in [4.78, 5) is 11.7. The SMILES string of the molecule is CCc1ccc(OCC(=O)Nc2cccc(Cl)c2)cc1. The number of aryl methyl sites for hydroxylation is 1. The smallest absolute Gasteiger partial charge is 0.262 e. The summed E-state index contributed by atoms with van der Waals surface area (Å²) in [7, 11) is 0. The van der Waals surface area contributed by atoms with Crippen LogP contribution in [0.15, 0.2) is 48.5 Å². The van der Waals surface area contributed by atoms with Crippen LogP contribution in [0.1, 0.15) is 12.5 Å². The maximum atomic E-state index is 11.7. The van der Waals surface area contributed by atoms with Gasteiger partial charge in [0.25, 0.3) is 5.91 Å². The molecule has 2 rings (SSSR count). The van der Waals surface area contributed by atoms with E-state index in [2.05, 4.69) is 12.2 Å². The molecule has 2 aromatic carbocycles. The number of carbonyl (C=O) groups excluding carboxylic acids is 1. The first kappa shape index (κ1) is 14.4. The predicted molar refractivity (Wildman–Crippen MR) is 81.4 cm³/mol. The van der Waals surface area contributed by atoms with Gasteiger partial charge in [-0.3, -0.25) is 4.79 Å². The molecule has 1 N–H and O–H groups in total. The molecule has 0 aliphatic carbocycles. The first-order valence-corrected chi connectivity index (χ1v) is 6.82.